The van der Waals surface area contributed by atoms with Crippen LogP contribution in [0.3, 0.4) is 0 Å². The number of fused-ring (bicyclic) bond motifs is 1. The number of hydrogen-bond acceptors (Lipinski definition) is 4. The Morgan fingerprint density at radius 2 is 1.74 bits per heavy atom. The normalized spacial score (nSPS) is 12.5. The van der Waals surface area contributed by atoms with Crippen LogP contribution in [0.1, 0.15) is 15.9 Å². The molecule has 3 rings (SSSR count). The van der Waals surface area contributed by atoms with E-state index in [9.17, 15) is 9.18 Å². The maximum absolute atomic E-state index is 12.8. The zero-order valence-electron chi connectivity index (χ0n) is 9.85. The minimum absolute atomic E-state index is 0.114. The quantitative estimate of drug-likeness (QED) is 0.664. The smallest absolute Gasteiger partial charge is 0.231 e. The van der Waals surface area contributed by atoms with Gasteiger partial charge in [-0.3, -0.25) is 4.79 Å². The number of nitrogens with two attached hydrogens (primary N) is 1. The van der Waals surface area contributed by atoms with Gasteiger partial charge in [0.25, 0.3) is 0 Å². The first kappa shape index (κ1) is 11.5. The summed E-state index contributed by atoms with van der Waals surface area (Å²) in [5, 5.41) is 0. The van der Waals surface area contributed by atoms with E-state index in [0.717, 1.165) is 0 Å². The molecule has 2 N–H and O–H groups in total. The van der Waals surface area contributed by atoms with Gasteiger partial charge in [0.15, 0.2) is 17.3 Å². The highest BCUT2D eigenvalue weighted by Crippen LogP contribution is 2.36. The van der Waals surface area contributed by atoms with E-state index >= 15 is 0 Å². The van der Waals surface area contributed by atoms with E-state index in [2.05, 4.69) is 0 Å². The first-order chi connectivity index (χ1) is 9.15. The fourth-order valence-electron chi connectivity index (χ4n) is 1.91. The van der Waals surface area contributed by atoms with Gasteiger partial charge in [0.1, 0.15) is 5.82 Å². The first-order valence-corrected chi connectivity index (χ1v) is 5.64. The Morgan fingerprint density at radius 1 is 1.11 bits per heavy atom. The van der Waals surface area contributed by atoms with Gasteiger partial charge in [0.05, 0.1) is 0 Å². The molecule has 96 valence electrons. The predicted molar refractivity (Wildman–Crippen MR) is 66.8 cm³/mol. The summed E-state index contributed by atoms with van der Waals surface area (Å²) in [5.41, 5.74) is 6.82. The second-order valence-corrected chi connectivity index (χ2v) is 4.13. The Bertz CT molecular complexity index is 652. The number of nitrogen functional groups attached to an aromatic ring is 1. The summed E-state index contributed by atoms with van der Waals surface area (Å²) in [6.07, 6.45) is 0. The standard InChI is InChI=1S/C14H10FNO3/c15-9-3-1-8(2-4-9)14(17)10-5-12-13(6-11(10)16)19-7-18-12/h1-6H,7,16H2. The molecule has 1 aliphatic rings. The Morgan fingerprint density at radius 3 is 2.42 bits per heavy atom. The Hall–Kier alpha value is -2.56. The number of carbonyl (C=O) groups is 1. The van der Waals surface area contributed by atoms with Gasteiger partial charge in [0, 0.05) is 22.9 Å². The average molecular weight is 259 g/mol. The average Bonchev–Trinajstić information content (AvgIpc) is 2.85. The minimum Gasteiger partial charge on any atom is -0.454 e. The van der Waals surface area contributed by atoms with Crippen LogP contribution in [0.25, 0.3) is 0 Å². The third-order valence-electron chi connectivity index (χ3n) is 2.90. The van der Waals surface area contributed by atoms with Crippen molar-refractivity contribution in [2.75, 3.05) is 12.5 Å². The molecule has 0 bridgehead atoms. The van der Waals surface area contributed by atoms with Crippen molar-refractivity contribution in [3.8, 4) is 11.5 Å². The second kappa shape index (κ2) is 4.28. The van der Waals surface area contributed by atoms with Crippen LogP contribution in [-0.2, 0) is 0 Å². The van der Waals surface area contributed by atoms with Gasteiger partial charge >= 0.3 is 0 Å². The lowest BCUT2D eigenvalue weighted by atomic mass is 10.0. The van der Waals surface area contributed by atoms with Crippen LogP contribution >= 0.6 is 0 Å². The largest absolute Gasteiger partial charge is 0.454 e. The molecule has 0 saturated heterocycles. The van der Waals surface area contributed by atoms with E-state index < -0.39 is 5.82 Å². The lowest BCUT2D eigenvalue weighted by Crippen LogP contribution is -2.05. The maximum atomic E-state index is 12.8. The van der Waals surface area contributed by atoms with Crippen molar-refractivity contribution in [3.05, 3.63) is 53.3 Å². The number of ketones is 1. The molecule has 0 radical (unpaired) electrons. The molecule has 0 aliphatic carbocycles. The zero-order chi connectivity index (χ0) is 13.4. The van der Waals surface area contributed by atoms with Gasteiger partial charge in [-0.25, -0.2) is 4.39 Å². The molecular weight excluding hydrogens is 249 g/mol. The number of hydrogen-bond donors (Lipinski definition) is 1. The number of benzene rings is 2. The van der Waals surface area contributed by atoms with Gasteiger partial charge in [-0.1, -0.05) is 0 Å². The summed E-state index contributed by atoms with van der Waals surface area (Å²) in [5.74, 6) is 0.332. The Balaban J connectivity index is 2.02. The van der Waals surface area contributed by atoms with Crippen LogP contribution in [-0.4, -0.2) is 12.6 Å². The monoisotopic (exact) mass is 259 g/mol. The van der Waals surface area contributed by atoms with Crippen molar-refractivity contribution in [3.63, 3.8) is 0 Å². The first-order valence-electron chi connectivity index (χ1n) is 5.64. The topological polar surface area (TPSA) is 61.6 Å². The summed E-state index contributed by atoms with van der Waals surface area (Å²) < 4.78 is 23.2. The van der Waals surface area contributed by atoms with Crippen LogP contribution in [0, 0.1) is 5.82 Å². The fourth-order valence-corrected chi connectivity index (χ4v) is 1.91. The highest BCUT2D eigenvalue weighted by atomic mass is 19.1. The van der Waals surface area contributed by atoms with E-state index in [1.54, 1.807) is 12.1 Å². The lowest BCUT2D eigenvalue weighted by molar-refractivity contribution is 0.103. The molecular formula is C14H10FNO3. The number of rotatable bonds is 2. The van der Waals surface area contributed by atoms with Gasteiger partial charge in [0.2, 0.25) is 6.79 Å². The van der Waals surface area contributed by atoms with Crippen molar-refractivity contribution in [1.29, 1.82) is 0 Å². The van der Waals surface area contributed by atoms with Crippen molar-refractivity contribution in [2.24, 2.45) is 0 Å². The van der Waals surface area contributed by atoms with Crippen molar-refractivity contribution < 1.29 is 18.7 Å². The van der Waals surface area contributed by atoms with Crippen LogP contribution in [0.15, 0.2) is 36.4 Å². The molecule has 0 spiro atoms. The third kappa shape index (κ3) is 1.99. The van der Waals surface area contributed by atoms with E-state index in [1.165, 1.54) is 24.3 Å². The summed E-state index contributed by atoms with van der Waals surface area (Å²) in [7, 11) is 0. The lowest BCUT2D eigenvalue weighted by Gasteiger charge is -2.06. The zero-order valence-corrected chi connectivity index (χ0v) is 9.85. The molecule has 19 heavy (non-hydrogen) atoms. The summed E-state index contributed by atoms with van der Waals surface area (Å²) in [4.78, 5) is 12.3. The third-order valence-corrected chi connectivity index (χ3v) is 2.90. The molecule has 2 aromatic carbocycles. The molecule has 0 aromatic heterocycles. The van der Waals surface area contributed by atoms with E-state index in [0.29, 0.717) is 28.3 Å². The van der Waals surface area contributed by atoms with Crippen LogP contribution < -0.4 is 15.2 Å². The van der Waals surface area contributed by atoms with Crippen LogP contribution in [0.4, 0.5) is 10.1 Å². The van der Waals surface area contributed by atoms with E-state index in [-0.39, 0.29) is 12.6 Å². The molecule has 1 aliphatic heterocycles. The molecule has 1 heterocycles. The fraction of sp³-hybridized carbons (Fsp3) is 0.0714. The SMILES string of the molecule is Nc1cc2c(cc1C(=O)c1ccc(F)cc1)OCO2. The maximum Gasteiger partial charge on any atom is 0.231 e. The molecule has 0 atom stereocenters. The van der Waals surface area contributed by atoms with Gasteiger partial charge in [-0.15, -0.1) is 0 Å². The second-order valence-electron chi connectivity index (χ2n) is 4.13. The molecule has 0 saturated carbocycles. The summed E-state index contributed by atoms with van der Waals surface area (Å²) >= 11 is 0. The number of halogens is 1. The molecule has 0 amide bonds. The van der Waals surface area contributed by atoms with Crippen molar-refractivity contribution >= 4 is 11.5 Å². The minimum atomic E-state index is -0.393. The van der Waals surface area contributed by atoms with Crippen molar-refractivity contribution in [1.82, 2.24) is 0 Å². The molecule has 0 unspecified atom stereocenters. The Labute approximate surface area is 108 Å². The molecule has 5 heteroatoms. The van der Waals surface area contributed by atoms with Crippen LogP contribution in [0.5, 0.6) is 11.5 Å². The van der Waals surface area contributed by atoms with Crippen LogP contribution in [0.2, 0.25) is 0 Å². The van der Waals surface area contributed by atoms with E-state index in [1.807, 2.05) is 0 Å². The van der Waals surface area contributed by atoms with Gasteiger partial charge in [-0.05, 0) is 30.3 Å². The Kier molecular flexibility index (Phi) is 2.59. The van der Waals surface area contributed by atoms with E-state index in [4.69, 9.17) is 15.2 Å². The van der Waals surface area contributed by atoms with Crippen molar-refractivity contribution in [2.45, 2.75) is 0 Å². The highest BCUT2D eigenvalue weighted by molar-refractivity contribution is 6.12. The summed E-state index contributed by atoms with van der Waals surface area (Å²) in [6.45, 7) is 0.114. The number of ether oxygens (including phenoxy) is 2. The molecule has 4 nitrogen and oxygen atoms in total. The molecule has 2 aromatic rings. The number of anilines is 1. The highest BCUT2D eigenvalue weighted by Gasteiger charge is 2.20. The molecule has 0 fully saturated rings. The summed E-state index contributed by atoms with van der Waals surface area (Å²) in [6, 6.07) is 8.40. The van der Waals surface area contributed by atoms with Gasteiger partial charge in [-0.2, -0.15) is 0 Å². The predicted octanol–water partition coefficient (Wildman–Crippen LogP) is 2.37. The number of carbonyl (C=O) groups excluding carboxylic acids is 1. The van der Waals surface area contributed by atoms with Gasteiger partial charge < -0.3 is 15.2 Å².